The molecule has 0 radical (unpaired) electrons. The third kappa shape index (κ3) is 3.60. The maximum Gasteiger partial charge on any atom is 0.177 e. The number of imidazole rings is 1. The van der Waals surface area contributed by atoms with Crippen LogP contribution in [-0.4, -0.2) is 30.1 Å². The molecule has 10 heteroatoms. The largest absolute Gasteiger partial charge is 0.397 e. The fourth-order valence-corrected chi connectivity index (χ4v) is 4.26. The van der Waals surface area contributed by atoms with Crippen molar-refractivity contribution in [2.45, 2.75) is 6.92 Å². The smallest absolute Gasteiger partial charge is 0.177 e. The monoisotopic (exact) mass is 461 g/mol. The summed E-state index contributed by atoms with van der Waals surface area (Å²) in [7, 11) is 0. The van der Waals surface area contributed by atoms with Crippen molar-refractivity contribution in [2.24, 2.45) is 0 Å². The van der Waals surface area contributed by atoms with Gasteiger partial charge in [-0.3, -0.25) is 15.1 Å². The predicted octanol–water partition coefficient (Wildman–Crippen LogP) is 3.78. The van der Waals surface area contributed by atoms with Crippen molar-refractivity contribution in [3.63, 3.8) is 0 Å². The zero-order chi connectivity index (χ0) is 23.1. The van der Waals surface area contributed by atoms with Gasteiger partial charge in [-0.2, -0.15) is 9.49 Å². The lowest BCUT2D eigenvalue weighted by molar-refractivity contribution is 0.657. The highest BCUT2D eigenvalue weighted by Gasteiger charge is 2.19. The van der Waals surface area contributed by atoms with Gasteiger partial charge in [0.15, 0.2) is 11.0 Å². The van der Waals surface area contributed by atoms with E-state index in [0.717, 1.165) is 11.3 Å². The molecule has 164 valence electrons. The minimum atomic E-state index is -0.585. The van der Waals surface area contributed by atoms with E-state index in [1.54, 1.807) is 37.4 Å². The number of anilines is 1. The molecule has 0 spiro atoms. The van der Waals surface area contributed by atoms with Gasteiger partial charge in [-0.25, -0.2) is 9.37 Å². The summed E-state index contributed by atoms with van der Waals surface area (Å²) in [5.41, 5.74) is 8.78. The number of allylic oxidation sites excluding steroid dienone is 1. The number of aromatic nitrogens is 6. The molecule has 7 nitrogen and oxygen atoms in total. The standard InChI is InChI=1S/C23H17F2N7S/c1-3-14-18(19(25)11(2)12-8-13(26)10-27-9-12)22(32-31-14)23-29-15-6-7-28-21(20(15)30-23)16-4-5-17(24)33-16/h3-10,31H,2,26H2,1H3,(H,29,30)/b14-3+,19-18-. The Morgan fingerprint density at radius 1 is 1.21 bits per heavy atom. The average molecular weight is 462 g/mol. The highest BCUT2D eigenvalue weighted by Crippen LogP contribution is 2.31. The number of nitrogens with zero attached hydrogens (tertiary/aromatic N) is 4. The van der Waals surface area contributed by atoms with Gasteiger partial charge in [0.1, 0.15) is 22.7 Å². The van der Waals surface area contributed by atoms with Crippen LogP contribution in [0, 0.1) is 5.13 Å². The van der Waals surface area contributed by atoms with Gasteiger partial charge in [0.2, 0.25) is 0 Å². The minimum absolute atomic E-state index is 0.119. The van der Waals surface area contributed by atoms with Gasteiger partial charge < -0.3 is 10.7 Å². The number of hydrogen-bond donors (Lipinski definition) is 3. The summed E-state index contributed by atoms with van der Waals surface area (Å²) in [6.45, 7) is 5.66. The van der Waals surface area contributed by atoms with Gasteiger partial charge >= 0.3 is 0 Å². The van der Waals surface area contributed by atoms with Crippen molar-refractivity contribution in [3.8, 4) is 22.1 Å². The molecule has 5 aromatic rings. The molecule has 33 heavy (non-hydrogen) atoms. The lowest BCUT2D eigenvalue weighted by atomic mass is 10.1. The summed E-state index contributed by atoms with van der Waals surface area (Å²) in [5, 5.41) is 7.51. The van der Waals surface area contributed by atoms with Crippen LogP contribution in [0.2, 0.25) is 0 Å². The van der Waals surface area contributed by atoms with E-state index in [-0.39, 0.29) is 21.6 Å². The fraction of sp³-hybridized carbons (Fsp3) is 0.0435. The van der Waals surface area contributed by atoms with Crippen LogP contribution in [0.25, 0.3) is 50.6 Å². The van der Waals surface area contributed by atoms with E-state index in [4.69, 9.17) is 5.73 Å². The zero-order valence-electron chi connectivity index (χ0n) is 17.4. The number of halogens is 2. The Morgan fingerprint density at radius 2 is 2.06 bits per heavy atom. The first kappa shape index (κ1) is 20.7. The second-order valence-electron chi connectivity index (χ2n) is 7.19. The van der Waals surface area contributed by atoms with Crippen molar-refractivity contribution in [2.75, 3.05) is 5.73 Å². The van der Waals surface area contributed by atoms with Gasteiger partial charge in [-0.05, 0) is 31.2 Å². The van der Waals surface area contributed by atoms with Crippen LogP contribution in [0.4, 0.5) is 14.5 Å². The molecule has 0 atom stereocenters. The Hall–Kier alpha value is -4.18. The number of pyridine rings is 2. The average Bonchev–Trinajstić information content (AvgIpc) is 3.54. The van der Waals surface area contributed by atoms with E-state index in [1.165, 1.54) is 18.5 Å². The fourth-order valence-electron chi connectivity index (χ4n) is 3.53. The summed E-state index contributed by atoms with van der Waals surface area (Å²) in [6, 6.07) is 6.38. The third-order valence-corrected chi connectivity index (χ3v) is 5.99. The van der Waals surface area contributed by atoms with Gasteiger partial charge in [0.25, 0.3) is 0 Å². The van der Waals surface area contributed by atoms with Crippen molar-refractivity contribution < 1.29 is 8.78 Å². The van der Waals surface area contributed by atoms with Gasteiger partial charge in [-0.1, -0.05) is 12.7 Å². The number of rotatable bonds is 4. The van der Waals surface area contributed by atoms with E-state index in [0.29, 0.717) is 44.0 Å². The molecule has 5 aromatic heterocycles. The number of H-pyrrole nitrogens is 2. The number of thiophene rings is 1. The molecule has 0 aliphatic heterocycles. The normalized spacial score (nSPS) is 13.0. The molecule has 0 amide bonds. The maximum absolute atomic E-state index is 15.8. The predicted molar refractivity (Wildman–Crippen MR) is 126 cm³/mol. The van der Waals surface area contributed by atoms with Gasteiger partial charge in [0, 0.05) is 29.7 Å². The second-order valence-corrected chi connectivity index (χ2v) is 8.23. The van der Waals surface area contributed by atoms with Crippen LogP contribution in [0.1, 0.15) is 12.5 Å². The molecule has 5 heterocycles. The Labute approximate surface area is 190 Å². The molecule has 0 bridgehead atoms. The Morgan fingerprint density at radius 3 is 2.79 bits per heavy atom. The Bertz CT molecular complexity index is 1640. The van der Waals surface area contributed by atoms with Crippen LogP contribution >= 0.6 is 11.3 Å². The van der Waals surface area contributed by atoms with Crippen LogP contribution in [0.3, 0.4) is 0 Å². The molecule has 0 aliphatic rings. The lowest BCUT2D eigenvalue weighted by Crippen LogP contribution is -2.26. The number of nitrogens with one attached hydrogen (secondary N) is 2. The summed E-state index contributed by atoms with van der Waals surface area (Å²) in [6.07, 6.45) is 6.28. The van der Waals surface area contributed by atoms with Crippen LogP contribution in [-0.2, 0) is 0 Å². The van der Waals surface area contributed by atoms with Crippen LogP contribution < -0.4 is 16.3 Å². The van der Waals surface area contributed by atoms with Crippen LogP contribution in [0.15, 0.2) is 49.4 Å². The quantitative estimate of drug-likeness (QED) is 0.377. The molecule has 0 saturated heterocycles. The number of nitrogens with two attached hydrogens (primary N) is 1. The number of nitrogen functional groups attached to an aromatic ring is 1. The SMILES string of the molecule is C=C(/C(F)=c1/c(-c2nc3c(-c4ccc(F)s4)nccc3[nH]2)n[nH]/c1=C/C)c1cncc(N)c1. The van der Waals surface area contributed by atoms with Crippen molar-refractivity contribution >= 4 is 45.5 Å². The van der Waals surface area contributed by atoms with E-state index in [1.807, 2.05) is 0 Å². The molecular formula is C23H17F2N7S. The highest BCUT2D eigenvalue weighted by atomic mass is 32.1. The summed E-state index contributed by atoms with van der Waals surface area (Å²) in [5.74, 6) is -0.248. The topological polar surface area (TPSA) is 109 Å². The van der Waals surface area contributed by atoms with E-state index >= 15 is 4.39 Å². The summed E-state index contributed by atoms with van der Waals surface area (Å²) < 4.78 is 29.3. The molecule has 0 aliphatic carbocycles. The molecular weight excluding hydrogens is 444 g/mol. The Kier molecular flexibility index (Phi) is 5.06. The highest BCUT2D eigenvalue weighted by molar-refractivity contribution is 7.13. The minimum Gasteiger partial charge on any atom is -0.397 e. The van der Waals surface area contributed by atoms with E-state index in [2.05, 4.69) is 36.7 Å². The van der Waals surface area contributed by atoms with Crippen LogP contribution in [0.5, 0.6) is 0 Å². The van der Waals surface area contributed by atoms with Crippen molar-refractivity contribution in [1.29, 1.82) is 0 Å². The third-order valence-electron chi connectivity index (χ3n) is 5.11. The van der Waals surface area contributed by atoms with Gasteiger partial charge in [-0.15, -0.1) is 11.3 Å². The molecule has 0 aromatic carbocycles. The van der Waals surface area contributed by atoms with E-state index < -0.39 is 5.83 Å². The lowest BCUT2D eigenvalue weighted by Gasteiger charge is -2.04. The number of fused-ring (bicyclic) bond motifs is 1. The number of hydrogen-bond acceptors (Lipinski definition) is 6. The van der Waals surface area contributed by atoms with Gasteiger partial charge in [0.05, 0.1) is 26.6 Å². The Balaban J connectivity index is 1.71. The summed E-state index contributed by atoms with van der Waals surface area (Å²) in [4.78, 5) is 16.8. The zero-order valence-corrected chi connectivity index (χ0v) is 18.2. The van der Waals surface area contributed by atoms with Crippen molar-refractivity contribution in [3.05, 3.63) is 70.7 Å². The molecule has 0 unspecified atom stereocenters. The molecule has 5 rings (SSSR count). The maximum atomic E-state index is 15.8. The first-order valence-electron chi connectivity index (χ1n) is 9.87. The summed E-state index contributed by atoms with van der Waals surface area (Å²) >= 11 is 0.977. The molecule has 0 fully saturated rings. The first-order chi connectivity index (χ1) is 16.0. The number of aromatic amines is 2. The first-order valence-corrected chi connectivity index (χ1v) is 10.7. The van der Waals surface area contributed by atoms with E-state index in [9.17, 15) is 4.39 Å². The molecule has 0 saturated carbocycles. The second kappa shape index (κ2) is 8.06. The molecule has 4 N–H and O–H groups in total. The van der Waals surface area contributed by atoms with Crippen molar-refractivity contribution in [1.82, 2.24) is 30.1 Å².